The molecule has 0 aliphatic heterocycles. The fourth-order valence-corrected chi connectivity index (χ4v) is 5.73. The van der Waals surface area contributed by atoms with Crippen LogP contribution in [0.15, 0.2) is 30.6 Å². The fraction of sp³-hybridized carbons (Fsp3) is 0.500. The average Bonchev–Trinajstić information content (AvgIpc) is 3.38. The Balaban J connectivity index is 1.44. The number of carbonyl (C=O) groups is 1. The van der Waals surface area contributed by atoms with E-state index in [4.69, 9.17) is 9.72 Å². The van der Waals surface area contributed by atoms with Crippen LogP contribution < -0.4 is 5.32 Å². The van der Waals surface area contributed by atoms with Gasteiger partial charge >= 0.3 is 5.97 Å². The number of pyridine rings is 2. The van der Waals surface area contributed by atoms with E-state index in [9.17, 15) is 14.3 Å². The molecule has 1 saturated carbocycles. The van der Waals surface area contributed by atoms with Gasteiger partial charge in [0.15, 0.2) is 0 Å². The average molecular weight is 527 g/mol. The van der Waals surface area contributed by atoms with E-state index in [2.05, 4.69) is 22.2 Å². The number of thiazole rings is 1. The Morgan fingerprint density at radius 1 is 1.16 bits per heavy atom. The van der Waals surface area contributed by atoms with Crippen LogP contribution in [0.5, 0.6) is 0 Å². The van der Waals surface area contributed by atoms with Gasteiger partial charge in [0.1, 0.15) is 28.1 Å². The summed E-state index contributed by atoms with van der Waals surface area (Å²) in [5.41, 5.74) is 1.14. The van der Waals surface area contributed by atoms with Gasteiger partial charge in [-0.1, -0.05) is 13.3 Å². The summed E-state index contributed by atoms with van der Waals surface area (Å²) < 4.78 is 19.0. The first-order valence-electron chi connectivity index (χ1n) is 12.9. The molecule has 1 aliphatic carbocycles. The van der Waals surface area contributed by atoms with Gasteiger partial charge in [0.25, 0.3) is 0 Å². The zero-order chi connectivity index (χ0) is 26.6. The van der Waals surface area contributed by atoms with Crippen LogP contribution in [0.4, 0.5) is 16.0 Å². The molecule has 3 aromatic rings. The standard InChI is InChI=1S/C28H35FN4O3S/c1-5-6-11-36-26(34)19-7-9-20(10-8-19)28(4,35)27-31-16-23(37-27)22-12-17(2)13-25(32-22)33-24-14-18(3)21(29)15-30-24/h12-16,19-20,35H,5-11H2,1-4H3,(H,30,32,33)/t19-,20-,28?. The van der Waals surface area contributed by atoms with Gasteiger partial charge < -0.3 is 15.2 Å². The van der Waals surface area contributed by atoms with Crippen molar-refractivity contribution in [1.29, 1.82) is 0 Å². The number of nitrogens with one attached hydrogen (secondary N) is 1. The van der Waals surface area contributed by atoms with Crippen LogP contribution in [-0.4, -0.2) is 32.6 Å². The second-order valence-electron chi connectivity index (χ2n) is 10.1. The Kier molecular flexibility index (Phi) is 8.54. The maximum Gasteiger partial charge on any atom is 0.308 e. The van der Waals surface area contributed by atoms with Gasteiger partial charge in [-0.05, 0) is 88.1 Å². The van der Waals surface area contributed by atoms with Crippen molar-refractivity contribution in [3.05, 3.63) is 52.5 Å². The highest BCUT2D eigenvalue weighted by Crippen LogP contribution is 2.43. The highest BCUT2D eigenvalue weighted by atomic mass is 32.1. The molecule has 0 saturated heterocycles. The van der Waals surface area contributed by atoms with E-state index >= 15 is 0 Å². The predicted molar refractivity (Wildman–Crippen MR) is 143 cm³/mol. The Morgan fingerprint density at radius 2 is 1.92 bits per heavy atom. The summed E-state index contributed by atoms with van der Waals surface area (Å²) in [6.07, 6.45) is 7.75. The third-order valence-corrected chi connectivity index (χ3v) is 8.31. The number of nitrogens with zero attached hydrogens (tertiary/aromatic N) is 3. The number of hydrogen-bond acceptors (Lipinski definition) is 8. The second kappa shape index (κ2) is 11.6. The van der Waals surface area contributed by atoms with Gasteiger partial charge in [-0.15, -0.1) is 11.3 Å². The number of rotatable bonds is 9. The van der Waals surface area contributed by atoms with E-state index in [1.54, 1.807) is 19.2 Å². The zero-order valence-electron chi connectivity index (χ0n) is 21.9. The lowest BCUT2D eigenvalue weighted by Gasteiger charge is -2.36. The van der Waals surface area contributed by atoms with Gasteiger partial charge in [0.05, 0.1) is 29.3 Å². The summed E-state index contributed by atoms with van der Waals surface area (Å²) >= 11 is 1.43. The van der Waals surface area contributed by atoms with Crippen LogP contribution in [0, 0.1) is 31.5 Å². The van der Waals surface area contributed by atoms with Gasteiger partial charge in [-0.2, -0.15) is 0 Å². The van der Waals surface area contributed by atoms with Gasteiger partial charge in [0, 0.05) is 6.20 Å². The van der Waals surface area contributed by atoms with Crippen LogP contribution >= 0.6 is 11.3 Å². The number of anilines is 2. The smallest absolute Gasteiger partial charge is 0.308 e. The van der Waals surface area contributed by atoms with Crippen LogP contribution in [-0.2, 0) is 15.1 Å². The van der Waals surface area contributed by atoms with E-state index in [-0.39, 0.29) is 23.6 Å². The SMILES string of the molecule is CCCCOC(=O)[C@H]1CC[C@H](C(C)(O)c2ncc(-c3cc(C)cc(Nc4cc(C)c(F)cn4)n3)s2)CC1. The quantitative estimate of drug-likeness (QED) is 0.244. The van der Waals surface area contributed by atoms with Crippen molar-refractivity contribution in [1.82, 2.24) is 15.0 Å². The molecule has 1 unspecified atom stereocenters. The number of hydrogen-bond donors (Lipinski definition) is 2. The van der Waals surface area contributed by atoms with Gasteiger partial charge in [0.2, 0.25) is 0 Å². The van der Waals surface area contributed by atoms with E-state index < -0.39 is 5.60 Å². The fourth-order valence-electron chi connectivity index (χ4n) is 4.72. The predicted octanol–water partition coefficient (Wildman–Crippen LogP) is 6.46. The molecule has 0 spiro atoms. The Labute approximate surface area is 221 Å². The minimum Gasteiger partial charge on any atom is -0.465 e. The van der Waals surface area contributed by atoms with Crippen molar-refractivity contribution in [3.8, 4) is 10.6 Å². The summed E-state index contributed by atoms with van der Waals surface area (Å²) in [6.45, 7) is 8.04. The largest absolute Gasteiger partial charge is 0.465 e. The summed E-state index contributed by atoms with van der Waals surface area (Å²) in [5, 5.41) is 15.3. The molecular weight excluding hydrogens is 491 g/mol. The molecule has 0 radical (unpaired) electrons. The molecule has 1 fully saturated rings. The number of halogens is 1. The number of aromatic nitrogens is 3. The molecule has 198 valence electrons. The minimum atomic E-state index is -1.10. The summed E-state index contributed by atoms with van der Waals surface area (Å²) in [6, 6.07) is 5.50. The van der Waals surface area contributed by atoms with Crippen molar-refractivity contribution in [2.75, 3.05) is 11.9 Å². The van der Waals surface area contributed by atoms with E-state index in [1.807, 2.05) is 26.0 Å². The highest BCUT2D eigenvalue weighted by molar-refractivity contribution is 7.15. The van der Waals surface area contributed by atoms with Crippen molar-refractivity contribution < 1.29 is 19.0 Å². The molecular formula is C28H35FN4O3S. The Hall–Kier alpha value is -2.91. The number of esters is 1. The maximum atomic E-state index is 13.6. The third kappa shape index (κ3) is 6.51. The van der Waals surface area contributed by atoms with Crippen LogP contribution in [0.25, 0.3) is 10.6 Å². The molecule has 9 heteroatoms. The van der Waals surface area contributed by atoms with Crippen molar-refractivity contribution >= 4 is 28.9 Å². The van der Waals surface area contributed by atoms with Crippen LogP contribution in [0.2, 0.25) is 0 Å². The van der Waals surface area contributed by atoms with E-state index in [0.717, 1.165) is 54.7 Å². The normalized spacial score (nSPS) is 19.3. The number of aliphatic hydroxyl groups is 1. The lowest BCUT2D eigenvalue weighted by atomic mass is 9.74. The lowest BCUT2D eigenvalue weighted by Crippen LogP contribution is -2.36. The molecule has 1 aliphatic rings. The lowest BCUT2D eigenvalue weighted by molar-refractivity contribution is -0.151. The van der Waals surface area contributed by atoms with Crippen LogP contribution in [0.1, 0.15) is 68.5 Å². The molecule has 4 rings (SSSR count). The number of unbranched alkanes of at least 4 members (excludes halogenated alkanes) is 1. The zero-order valence-corrected chi connectivity index (χ0v) is 22.7. The molecule has 3 heterocycles. The van der Waals surface area contributed by atoms with Gasteiger partial charge in [-0.25, -0.2) is 19.3 Å². The first-order chi connectivity index (χ1) is 17.7. The molecule has 3 aromatic heterocycles. The summed E-state index contributed by atoms with van der Waals surface area (Å²) in [7, 11) is 0. The molecule has 0 amide bonds. The molecule has 0 aromatic carbocycles. The van der Waals surface area contributed by atoms with Crippen molar-refractivity contribution in [2.24, 2.45) is 11.8 Å². The number of aryl methyl sites for hydroxylation is 2. The summed E-state index contributed by atoms with van der Waals surface area (Å²) in [5.74, 6) is 0.580. The van der Waals surface area contributed by atoms with E-state index in [1.165, 1.54) is 17.5 Å². The molecule has 7 nitrogen and oxygen atoms in total. The van der Waals surface area contributed by atoms with Crippen molar-refractivity contribution in [3.63, 3.8) is 0 Å². The second-order valence-corrected chi connectivity index (χ2v) is 11.1. The Bertz CT molecular complexity index is 1240. The summed E-state index contributed by atoms with van der Waals surface area (Å²) in [4.78, 5) is 26.6. The minimum absolute atomic E-state index is 0.0154. The monoisotopic (exact) mass is 526 g/mol. The first-order valence-corrected chi connectivity index (χ1v) is 13.7. The molecule has 1 atom stereocenters. The molecule has 0 bridgehead atoms. The van der Waals surface area contributed by atoms with Crippen LogP contribution in [0.3, 0.4) is 0 Å². The first kappa shape index (κ1) is 27.1. The topological polar surface area (TPSA) is 97.2 Å². The van der Waals surface area contributed by atoms with Crippen molar-refractivity contribution in [2.45, 2.75) is 71.8 Å². The molecule has 37 heavy (non-hydrogen) atoms. The Morgan fingerprint density at radius 3 is 2.62 bits per heavy atom. The third-order valence-electron chi connectivity index (χ3n) is 7.06. The van der Waals surface area contributed by atoms with Gasteiger partial charge in [-0.3, -0.25) is 4.79 Å². The van der Waals surface area contributed by atoms with E-state index in [0.29, 0.717) is 28.8 Å². The number of carbonyl (C=O) groups excluding carboxylic acids is 1. The molecule has 2 N–H and O–H groups in total. The number of ether oxygens (including phenoxy) is 1. The maximum absolute atomic E-state index is 13.6. The highest BCUT2D eigenvalue weighted by Gasteiger charge is 2.40.